The number of rotatable bonds is 2. The highest BCUT2D eigenvalue weighted by molar-refractivity contribution is 5.77. The molecule has 0 bridgehead atoms. The van der Waals surface area contributed by atoms with E-state index in [1.807, 2.05) is 12.1 Å². The Hall–Kier alpha value is -1.55. The summed E-state index contributed by atoms with van der Waals surface area (Å²) in [5.41, 5.74) is 6.85. The standard InChI is InChI=1S/C12H16N2O2/c13-10-3-6-12(16)14(8-10)7-9-1-4-11(15)5-2-9/h1-2,4-5,10,15H,3,6-8,13H2. The molecule has 1 saturated heterocycles. The molecule has 0 aromatic heterocycles. The van der Waals surface area contributed by atoms with Gasteiger partial charge in [-0.2, -0.15) is 0 Å². The zero-order valence-electron chi connectivity index (χ0n) is 9.10. The number of likely N-dealkylation sites (tertiary alicyclic amines) is 1. The Morgan fingerprint density at radius 1 is 1.38 bits per heavy atom. The van der Waals surface area contributed by atoms with Crippen LogP contribution in [0.5, 0.6) is 5.75 Å². The number of phenols is 1. The van der Waals surface area contributed by atoms with Gasteiger partial charge in [-0.15, -0.1) is 0 Å². The van der Waals surface area contributed by atoms with Crippen molar-refractivity contribution in [1.29, 1.82) is 0 Å². The maximum atomic E-state index is 11.6. The van der Waals surface area contributed by atoms with Crippen molar-refractivity contribution in [3.63, 3.8) is 0 Å². The van der Waals surface area contributed by atoms with Crippen LogP contribution < -0.4 is 5.73 Å². The lowest BCUT2D eigenvalue weighted by Crippen LogP contribution is -2.45. The molecule has 1 aliphatic heterocycles. The molecule has 1 fully saturated rings. The molecule has 0 radical (unpaired) electrons. The fourth-order valence-corrected chi connectivity index (χ4v) is 1.92. The Bertz CT molecular complexity index is 375. The summed E-state index contributed by atoms with van der Waals surface area (Å²) in [5.74, 6) is 0.403. The van der Waals surface area contributed by atoms with E-state index in [1.165, 1.54) is 0 Å². The van der Waals surface area contributed by atoms with E-state index in [2.05, 4.69) is 0 Å². The smallest absolute Gasteiger partial charge is 0.222 e. The Morgan fingerprint density at radius 3 is 2.75 bits per heavy atom. The Labute approximate surface area is 94.7 Å². The maximum absolute atomic E-state index is 11.6. The minimum atomic E-state index is 0.0924. The van der Waals surface area contributed by atoms with Crippen LogP contribution in [0.25, 0.3) is 0 Å². The monoisotopic (exact) mass is 220 g/mol. The van der Waals surface area contributed by atoms with E-state index >= 15 is 0 Å². The zero-order chi connectivity index (χ0) is 11.5. The van der Waals surface area contributed by atoms with Gasteiger partial charge >= 0.3 is 0 Å². The van der Waals surface area contributed by atoms with Crippen LogP contribution in [0.4, 0.5) is 0 Å². The zero-order valence-corrected chi connectivity index (χ0v) is 9.10. The Morgan fingerprint density at radius 2 is 2.06 bits per heavy atom. The average Bonchev–Trinajstić information content (AvgIpc) is 2.27. The van der Waals surface area contributed by atoms with Gasteiger partial charge in [0, 0.05) is 25.6 Å². The van der Waals surface area contributed by atoms with Gasteiger partial charge in [0.25, 0.3) is 0 Å². The predicted octanol–water partition coefficient (Wildman–Crippen LogP) is 0.842. The summed E-state index contributed by atoms with van der Waals surface area (Å²) in [6.45, 7) is 1.20. The number of carbonyl (C=O) groups excluding carboxylic acids is 1. The number of amides is 1. The van der Waals surface area contributed by atoms with Gasteiger partial charge in [-0.1, -0.05) is 12.1 Å². The molecule has 16 heavy (non-hydrogen) atoms. The first-order valence-corrected chi connectivity index (χ1v) is 5.46. The van der Waals surface area contributed by atoms with Crippen molar-refractivity contribution in [1.82, 2.24) is 4.90 Å². The number of aromatic hydroxyl groups is 1. The van der Waals surface area contributed by atoms with Gasteiger partial charge < -0.3 is 15.7 Å². The summed E-state index contributed by atoms with van der Waals surface area (Å²) in [5, 5.41) is 9.16. The highest BCUT2D eigenvalue weighted by Gasteiger charge is 2.22. The lowest BCUT2D eigenvalue weighted by Gasteiger charge is -2.30. The molecule has 4 heteroatoms. The van der Waals surface area contributed by atoms with E-state index in [1.54, 1.807) is 17.0 Å². The highest BCUT2D eigenvalue weighted by atomic mass is 16.3. The van der Waals surface area contributed by atoms with Crippen LogP contribution in [-0.4, -0.2) is 28.5 Å². The topological polar surface area (TPSA) is 66.6 Å². The number of nitrogens with two attached hydrogens (primary N) is 1. The van der Waals surface area contributed by atoms with Gasteiger partial charge in [0.1, 0.15) is 5.75 Å². The van der Waals surface area contributed by atoms with E-state index < -0.39 is 0 Å². The minimum Gasteiger partial charge on any atom is -0.508 e. The third-order valence-electron chi connectivity index (χ3n) is 2.85. The van der Waals surface area contributed by atoms with E-state index in [4.69, 9.17) is 10.8 Å². The highest BCUT2D eigenvalue weighted by Crippen LogP contribution is 2.16. The van der Waals surface area contributed by atoms with Crippen LogP contribution >= 0.6 is 0 Å². The van der Waals surface area contributed by atoms with Gasteiger partial charge in [-0.25, -0.2) is 0 Å². The predicted molar refractivity (Wildman–Crippen MR) is 60.7 cm³/mol. The second-order valence-electron chi connectivity index (χ2n) is 4.24. The molecule has 1 aliphatic rings. The van der Waals surface area contributed by atoms with Crippen LogP contribution in [0.3, 0.4) is 0 Å². The van der Waals surface area contributed by atoms with E-state index in [9.17, 15) is 4.79 Å². The summed E-state index contributed by atoms with van der Waals surface area (Å²) in [6.07, 6.45) is 1.32. The summed E-state index contributed by atoms with van der Waals surface area (Å²) in [6, 6.07) is 6.99. The first-order chi connectivity index (χ1) is 7.65. The number of carbonyl (C=O) groups is 1. The summed E-state index contributed by atoms with van der Waals surface area (Å²) in [7, 11) is 0. The molecule has 4 nitrogen and oxygen atoms in total. The number of nitrogens with zero attached hydrogens (tertiary/aromatic N) is 1. The number of hydrogen-bond donors (Lipinski definition) is 2. The van der Waals surface area contributed by atoms with E-state index in [0.717, 1.165) is 12.0 Å². The normalized spacial score (nSPS) is 21.2. The third kappa shape index (κ3) is 2.52. The molecule has 0 aliphatic carbocycles. The van der Waals surface area contributed by atoms with Crippen molar-refractivity contribution in [2.45, 2.75) is 25.4 Å². The quantitative estimate of drug-likeness (QED) is 0.776. The summed E-state index contributed by atoms with van der Waals surface area (Å²) >= 11 is 0. The molecule has 86 valence electrons. The van der Waals surface area contributed by atoms with Crippen LogP contribution in [-0.2, 0) is 11.3 Å². The molecule has 1 atom stereocenters. The van der Waals surface area contributed by atoms with Crippen molar-refractivity contribution in [3.05, 3.63) is 29.8 Å². The lowest BCUT2D eigenvalue weighted by molar-refractivity contribution is -0.134. The van der Waals surface area contributed by atoms with E-state index in [0.29, 0.717) is 19.5 Å². The van der Waals surface area contributed by atoms with Crippen molar-refractivity contribution in [2.75, 3.05) is 6.54 Å². The molecule has 1 amide bonds. The molecular formula is C12H16N2O2. The van der Waals surface area contributed by atoms with Crippen LogP contribution in [0.15, 0.2) is 24.3 Å². The molecule has 0 spiro atoms. The molecule has 0 saturated carbocycles. The third-order valence-corrected chi connectivity index (χ3v) is 2.85. The van der Waals surface area contributed by atoms with Gasteiger partial charge in [-0.3, -0.25) is 4.79 Å². The number of phenolic OH excluding ortho intramolecular Hbond substituents is 1. The van der Waals surface area contributed by atoms with E-state index in [-0.39, 0.29) is 17.7 Å². The fraction of sp³-hybridized carbons (Fsp3) is 0.417. The summed E-state index contributed by atoms with van der Waals surface area (Å²) in [4.78, 5) is 13.4. The van der Waals surface area contributed by atoms with Crippen LogP contribution in [0.2, 0.25) is 0 Å². The lowest BCUT2D eigenvalue weighted by atomic mass is 10.1. The molecular weight excluding hydrogens is 204 g/mol. The van der Waals surface area contributed by atoms with Crippen LogP contribution in [0, 0.1) is 0 Å². The second kappa shape index (κ2) is 4.53. The summed E-state index contributed by atoms with van der Waals surface area (Å²) < 4.78 is 0. The van der Waals surface area contributed by atoms with Gasteiger partial charge in [-0.05, 0) is 24.1 Å². The van der Waals surface area contributed by atoms with Crippen molar-refractivity contribution >= 4 is 5.91 Å². The minimum absolute atomic E-state index is 0.0924. The first-order valence-electron chi connectivity index (χ1n) is 5.46. The van der Waals surface area contributed by atoms with Gasteiger partial charge in [0.15, 0.2) is 0 Å². The number of benzene rings is 1. The fourth-order valence-electron chi connectivity index (χ4n) is 1.92. The second-order valence-corrected chi connectivity index (χ2v) is 4.24. The largest absolute Gasteiger partial charge is 0.508 e. The SMILES string of the molecule is NC1CCC(=O)N(Cc2ccc(O)cc2)C1. The van der Waals surface area contributed by atoms with Crippen molar-refractivity contribution in [2.24, 2.45) is 5.73 Å². The molecule has 1 aromatic carbocycles. The Balaban J connectivity index is 2.02. The van der Waals surface area contributed by atoms with Crippen LogP contribution in [0.1, 0.15) is 18.4 Å². The molecule has 3 N–H and O–H groups in total. The number of hydrogen-bond acceptors (Lipinski definition) is 3. The average molecular weight is 220 g/mol. The molecule has 2 rings (SSSR count). The maximum Gasteiger partial charge on any atom is 0.222 e. The Kier molecular flexibility index (Phi) is 3.10. The molecule has 1 unspecified atom stereocenters. The number of piperidine rings is 1. The van der Waals surface area contributed by atoms with Crippen molar-refractivity contribution in [3.8, 4) is 5.75 Å². The first kappa shape index (κ1) is 11.0. The van der Waals surface area contributed by atoms with Gasteiger partial charge in [0.05, 0.1) is 0 Å². The molecule has 1 aromatic rings. The van der Waals surface area contributed by atoms with Crippen molar-refractivity contribution < 1.29 is 9.90 Å². The molecule has 1 heterocycles. The van der Waals surface area contributed by atoms with Gasteiger partial charge in [0.2, 0.25) is 5.91 Å².